The van der Waals surface area contributed by atoms with Gasteiger partial charge in [0.2, 0.25) is 0 Å². The summed E-state index contributed by atoms with van der Waals surface area (Å²) in [5, 5.41) is 6.64. The number of nitrogens with one attached hydrogen (secondary N) is 2. The van der Waals surface area contributed by atoms with Crippen molar-refractivity contribution in [2.24, 2.45) is 0 Å². The highest BCUT2D eigenvalue weighted by Gasteiger charge is 2.26. The highest BCUT2D eigenvalue weighted by molar-refractivity contribution is 5.96. The Kier molecular flexibility index (Phi) is 3.88. The van der Waals surface area contributed by atoms with Gasteiger partial charge in [-0.25, -0.2) is 0 Å². The van der Waals surface area contributed by atoms with Crippen molar-refractivity contribution in [2.45, 2.75) is 31.2 Å². The summed E-state index contributed by atoms with van der Waals surface area (Å²) in [4.78, 5) is 12.8. The van der Waals surface area contributed by atoms with E-state index in [-0.39, 0.29) is 11.9 Å². The van der Waals surface area contributed by atoms with E-state index in [0.717, 1.165) is 37.9 Å². The largest absolute Gasteiger partial charge is 0.349 e. The van der Waals surface area contributed by atoms with Crippen LogP contribution < -0.4 is 10.6 Å². The first kappa shape index (κ1) is 14.5. The lowest BCUT2D eigenvalue weighted by Crippen LogP contribution is -2.36. The van der Waals surface area contributed by atoms with Crippen molar-refractivity contribution < 1.29 is 4.79 Å². The van der Waals surface area contributed by atoms with Gasteiger partial charge in [0.25, 0.3) is 5.91 Å². The van der Waals surface area contributed by atoms with Crippen LogP contribution >= 0.6 is 0 Å². The summed E-state index contributed by atoms with van der Waals surface area (Å²) in [6.45, 7) is 2.01. The maximum absolute atomic E-state index is 12.8. The smallest absolute Gasteiger partial charge is 0.251 e. The van der Waals surface area contributed by atoms with Crippen molar-refractivity contribution in [3.63, 3.8) is 0 Å². The molecule has 1 aliphatic carbocycles. The van der Waals surface area contributed by atoms with Gasteiger partial charge < -0.3 is 10.6 Å². The molecule has 1 amide bonds. The molecule has 4 rings (SSSR count). The Labute approximate surface area is 137 Å². The number of carbonyl (C=O) groups excluding carboxylic acids is 1. The lowest BCUT2D eigenvalue weighted by Gasteiger charge is -2.17. The molecule has 1 fully saturated rings. The average Bonchev–Trinajstić information content (AvgIpc) is 3.24. The number of carbonyl (C=O) groups is 1. The summed E-state index contributed by atoms with van der Waals surface area (Å²) < 4.78 is 0. The van der Waals surface area contributed by atoms with E-state index in [0.29, 0.717) is 5.92 Å². The summed E-state index contributed by atoms with van der Waals surface area (Å²) in [7, 11) is 0. The summed E-state index contributed by atoms with van der Waals surface area (Å²) in [5.41, 5.74) is 4.76. The minimum absolute atomic E-state index is 0.0744. The van der Waals surface area contributed by atoms with E-state index in [1.165, 1.54) is 16.7 Å². The quantitative estimate of drug-likeness (QED) is 0.915. The molecule has 0 unspecified atom stereocenters. The Hall–Kier alpha value is -2.13. The highest BCUT2D eigenvalue weighted by atomic mass is 16.1. The Morgan fingerprint density at radius 3 is 2.39 bits per heavy atom. The van der Waals surface area contributed by atoms with Crippen LogP contribution in [-0.4, -0.2) is 25.0 Å². The van der Waals surface area contributed by atoms with Crippen molar-refractivity contribution >= 4 is 5.91 Å². The molecule has 0 aromatic heterocycles. The van der Waals surface area contributed by atoms with Gasteiger partial charge in [0, 0.05) is 18.2 Å². The predicted molar refractivity (Wildman–Crippen MR) is 91.8 cm³/mol. The van der Waals surface area contributed by atoms with E-state index in [2.05, 4.69) is 41.0 Å². The summed E-state index contributed by atoms with van der Waals surface area (Å²) in [6.07, 6.45) is 2.99. The normalized spacial score (nSPS) is 20.4. The molecule has 0 saturated carbocycles. The molecule has 2 N–H and O–H groups in total. The fourth-order valence-electron chi connectivity index (χ4n) is 3.90. The van der Waals surface area contributed by atoms with Gasteiger partial charge in [0.05, 0.1) is 0 Å². The number of benzene rings is 2. The van der Waals surface area contributed by atoms with E-state index in [1.807, 2.05) is 18.2 Å². The monoisotopic (exact) mass is 306 g/mol. The van der Waals surface area contributed by atoms with Crippen LogP contribution in [0.4, 0.5) is 0 Å². The molecule has 1 saturated heterocycles. The molecule has 1 atom stereocenters. The zero-order valence-electron chi connectivity index (χ0n) is 13.2. The van der Waals surface area contributed by atoms with Crippen LogP contribution in [0.1, 0.15) is 39.4 Å². The minimum atomic E-state index is 0.0744. The fraction of sp³-hybridized carbons (Fsp3) is 0.350. The molecule has 1 aliphatic heterocycles. The molecule has 1 heterocycles. The van der Waals surface area contributed by atoms with Crippen LogP contribution in [0.2, 0.25) is 0 Å². The Morgan fingerprint density at radius 2 is 1.70 bits per heavy atom. The number of fused-ring (bicyclic) bond motifs is 1. The third-order valence-electron chi connectivity index (χ3n) is 5.09. The second kappa shape index (κ2) is 6.17. The number of amides is 1. The second-order valence-corrected chi connectivity index (χ2v) is 6.62. The first-order valence-corrected chi connectivity index (χ1v) is 8.48. The SMILES string of the molecule is O=C(NC1Cc2ccccc2C1)c1ccccc1[C@@H]1CCNC1. The van der Waals surface area contributed by atoms with Gasteiger partial charge in [0.15, 0.2) is 0 Å². The molecule has 2 aromatic carbocycles. The van der Waals surface area contributed by atoms with Crippen molar-refractivity contribution in [1.29, 1.82) is 0 Å². The van der Waals surface area contributed by atoms with Gasteiger partial charge in [-0.15, -0.1) is 0 Å². The molecule has 23 heavy (non-hydrogen) atoms. The Bertz CT molecular complexity index is 694. The minimum Gasteiger partial charge on any atom is -0.349 e. The molecular weight excluding hydrogens is 284 g/mol. The standard InChI is InChI=1S/C20H22N2O/c23-20(22-17-11-14-5-1-2-6-15(14)12-17)19-8-4-3-7-18(19)16-9-10-21-13-16/h1-8,16-17,21H,9-13H2,(H,22,23)/t16-/m1/s1. The fourth-order valence-corrected chi connectivity index (χ4v) is 3.90. The van der Waals surface area contributed by atoms with Gasteiger partial charge in [-0.3, -0.25) is 4.79 Å². The maximum atomic E-state index is 12.8. The first-order valence-electron chi connectivity index (χ1n) is 8.48. The van der Waals surface area contributed by atoms with Crippen molar-refractivity contribution in [3.8, 4) is 0 Å². The van der Waals surface area contributed by atoms with E-state index in [4.69, 9.17) is 0 Å². The molecule has 3 nitrogen and oxygen atoms in total. The first-order chi connectivity index (χ1) is 11.3. The van der Waals surface area contributed by atoms with E-state index in [1.54, 1.807) is 0 Å². The van der Waals surface area contributed by atoms with Crippen LogP contribution in [0.25, 0.3) is 0 Å². The van der Waals surface area contributed by atoms with Gasteiger partial charge in [-0.05, 0) is 54.5 Å². The summed E-state index contributed by atoms with van der Waals surface area (Å²) in [5.74, 6) is 0.531. The molecule has 3 heteroatoms. The lowest BCUT2D eigenvalue weighted by molar-refractivity contribution is 0.0937. The molecule has 0 bridgehead atoms. The molecule has 0 spiro atoms. The molecule has 118 valence electrons. The second-order valence-electron chi connectivity index (χ2n) is 6.62. The number of hydrogen-bond donors (Lipinski definition) is 2. The molecular formula is C20H22N2O. The summed E-state index contributed by atoms with van der Waals surface area (Å²) >= 11 is 0. The van der Waals surface area contributed by atoms with Crippen LogP contribution in [0, 0.1) is 0 Å². The van der Waals surface area contributed by atoms with Gasteiger partial charge >= 0.3 is 0 Å². The van der Waals surface area contributed by atoms with Crippen molar-refractivity contribution in [1.82, 2.24) is 10.6 Å². The highest BCUT2D eigenvalue weighted by Crippen LogP contribution is 2.26. The van der Waals surface area contributed by atoms with Crippen LogP contribution in [0.15, 0.2) is 48.5 Å². The zero-order valence-corrected chi connectivity index (χ0v) is 13.2. The van der Waals surface area contributed by atoms with Gasteiger partial charge in [-0.2, -0.15) is 0 Å². The van der Waals surface area contributed by atoms with E-state index in [9.17, 15) is 4.79 Å². The number of hydrogen-bond acceptors (Lipinski definition) is 2. The predicted octanol–water partition coefficient (Wildman–Crippen LogP) is 2.66. The molecule has 0 radical (unpaired) electrons. The topological polar surface area (TPSA) is 41.1 Å². The van der Waals surface area contributed by atoms with Crippen LogP contribution in [0.5, 0.6) is 0 Å². The lowest BCUT2D eigenvalue weighted by atomic mass is 9.93. The Balaban J connectivity index is 1.50. The number of rotatable bonds is 3. The van der Waals surface area contributed by atoms with Gasteiger partial charge in [0.1, 0.15) is 0 Å². The molecule has 2 aromatic rings. The zero-order chi connectivity index (χ0) is 15.6. The van der Waals surface area contributed by atoms with Crippen molar-refractivity contribution in [3.05, 3.63) is 70.8 Å². The van der Waals surface area contributed by atoms with Gasteiger partial charge in [-0.1, -0.05) is 42.5 Å². The summed E-state index contributed by atoms with van der Waals surface area (Å²) in [6, 6.07) is 16.8. The van der Waals surface area contributed by atoms with E-state index >= 15 is 0 Å². The molecule has 2 aliphatic rings. The third kappa shape index (κ3) is 2.89. The Morgan fingerprint density at radius 1 is 1.00 bits per heavy atom. The van der Waals surface area contributed by atoms with Crippen molar-refractivity contribution in [2.75, 3.05) is 13.1 Å². The van der Waals surface area contributed by atoms with E-state index < -0.39 is 0 Å². The third-order valence-corrected chi connectivity index (χ3v) is 5.09. The average molecular weight is 306 g/mol. The maximum Gasteiger partial charge on any atom is 0.251 e. The van der Waals surface area contributed by atoms with Crippen LogP contribution in [0.3, 0.4) is 0 Å². The van der Waals surface area contributed by atoms with Crippen LogP contribution in [-0.2, 0) is 12.8 Å².